The first-order valence-corrected chi connectivity index (χ1v) is 4.84. The van der Waals surface area contributed by atoms with Gasteiger partial charge in [-0.25, -0.2) is 4.79 Å². The Morgan fingerprint density at radius 3 is 2.62 bits per heavy atom. The highest BCUT2D eigenvalue weighted by Gasteiger charge is 2.04. The maximum absolute atomic E-state index is 11.0. The van der Waals surface area contributed by atoms with E-state index in [1.807, 2.05) is 0 Å². The number of carbonyl (C=O) groups excluding carboxylic acids is 1. The molecule has 4 nitrogen and oxygen atoms in total. The smallest absolute Gasteiger partial charge is 0.333 e. The van der Waals surface area contributed by atoms with Crippen molar-refractivity contribution < 1.29 is 19.7 Å². The number of phenolic OH excluding ortho intramolecular Hbond substituents is 2. The molecule has 0 aliphatic rings. The van der Waals surface area contributed by atoms with E-state index in [9.17, 15) is 9.90 Å². The van der Waals surface area contributed by atoms with Crippen molar-refractivity contribution in [1.82, 2.24) is 0 Å². The molecule has 0 fully saturated rings. The second-order valence-corrected chi connectivity index (χ2v) is 3.49. The standard InChI is InChI=1S/C12H14O4/c1-8(2)12(15)16-6-5-9-3-4-10(13)11(14)7-9/h3-4,7,13-14H,1,5-6H2,2H3. The zero-order chi connectivity index (χ0) is 12.1. The number of carbonyl (C=O) groups is 1. The molecule has 0 unspecified atom stereocenters. The van der Waals surface area contributed by atoms with Crippen LogP contribution in [0.15, 0.2) is 30.4 Å². The number of benzene rings is 1. The first kappa shape index (κ1) is 12.1. The lowest BCUT2D eigenvalue weighted by molar-refractivity contribution is -0.138. The summed E-state index contributed by atoms with van der Waals surface area (Å²) >= 11 is 0. The Morgan fingerprint density at radius 1 is 1.38 bits per heavy atom. The third-order valence-corrected chi connectivity index (χ3v) is 2.01. The molecule has 0 saturated carbocycles. The summed E-state index contributed by atoms with van der Waals surface area (Å²) in [6, 6.07) is 4.48. The Kier molecular flexibility index (Phi) is 3.94. The van der Waals surface area contributed by atoms with Crippen LogP contribution in [0.25, 0.3) is 0 Å². The number of esters is 1. The molecule has 4 heteroatoms. The Balaban J connectivity index is 2.46. The van der Waals surface area contributed by atoms with Crippen LogP contribution in [0, 0.1) is 0 Å². The van der Waals surface area contributed by atoms with E-state index in [-0.39, 0.29) is 18.1 Å². The van der Waals surface area contributed by atoms with Gasteiger partial charge in [-0.05, 0) is 24.6 Å². The van der Waals surface area contributed by atoms with Crippen molar-refractivity contribution in [1.29, 1.82) is 0 Å². The summed E-state index contributed by atoms with van der Waals surface area (Å²) in [5.41, 5.74) is 1.14. The average molecular weight is 222 g/mol. The Morgan fingerprint density at radius 2 is 2.06 bits per heavy atom. The largest absolute Gasteiger partial charge is 0.504 e. The zero-order valence-electron chi connectivity index (χ0n) is 9.06. The highest BCUT2D eigenvalue weighted by atomic mass is 16.5. The van der Waals surface area contributed by atoms with Gasteiger partial charge in [0.05, 0.1) is 6.61 Å². The maximum Gasteiger partial charge on any atom is 0.333 e. The van der Waals surface area contributed by atoms with E-state index in [0.717, 1.165) is 5.56 Å². The van der Waals surface area contributed by atoms with Crippen LogP contribution >= 0.6 is 0 Å². The predicted octanol–water partition coefficient (Wildman–Crippen LogP) is 1.76. The summed E-state index contributed by atoms with van der Waals surface area (Å²) in [7, 11) is 0. The molecule has 0 amide bonds. The van der Waals surface area contributed by atoms with Crippen molar-refractivity contribution >= 4 is 5.97 Å². The minimum Gasteiger partial charge on any atom is -0.504 e. The number of rotatable bonds is 4. The van der Waals surface area contributed by atoms with Gasteiger partial charge in [-0.3, -0.25) is 0 Å². The lowest BCUT2D eigenvalue weighted by Gasteiger charge is -2.05. The van der Waals surface area contributed by atoms with Crippen LogP contribution in [-0.4, -0.2) is 22.8 Å². The fraction of sp³-hybridized carbons (Fsp3) is 0.250. The van der Waals surface area contributed by atoms with Crippen LogP contribution in [0.5, 0.6) is 11.5 Å². The van der Waals surface area contributed by atoms with Gasteiger partial charge in [0.15, 0.2) is 11.5 Å². The molecular formula is C12H14O4. The summed E-state index contributed by atoms with van der Waals surface area (Å²) in [4.78, 5) is 11.0. The molecule has 0 heterocycles. The van der Waals surface area contributed by atoms with Crippen LogP contribution in [0.3, 0.4) is 0 Å². The Bertz CT molecular complexity index is 409. The van der Waals surface area contributed by atoms with Crippen LogP contribution in [0.1, 0.15) is 12.5 Å². The molecule has 0 spiro atoms. The molecule has 0 aliphatic carbocycles. The monoisotopic (exact) mass is 222 g/mol. The number of aromatic hydroxyl groups is 2. The molecule has 0 aromatic heterocycles. The fourth-order valence-electron chi connectivity index (χ4n) is 1.11. The predicted molar refractivity (Wildman–Crippen MR) is 59.2 cm³/mol. The van der Waals surface area contributed by atoms with Crippen LogP contribution < -0.4 is 0 Å². The number of hydrogen-bond donors (Lipinski definition) is 2. The molecule has 0 atom stereocenters. The molecule has 0 bridgehead atoms. The van der Waals surface area contributed by atoms with Crippen molar-refractivity contribution in [3.8, 4) is 11.5 Å². The minimum atomic E-state index is -0.428. The number of hydrogen-bond acceptors (Lipinski definition) is 4. The van der Waals surface area contributed by atoms with Crippen molar-refractivity contribution in [2.24, 2.45) is 0 Å². The van der Waals surface area contributed by atoms with Crippen molar-refractivity contribution in [3.05, 3.63) is 35.9 Å². The van der Waals surface area contributed by atoms with Crippen LogP contribution in [0.2, 0.25) is 0 Å². The normalized spacial score (nSPS) is 9.81. The molecule has 86 valence electrons. The first-order chi connectivity index (χ1) is 7.50. The van der Waals surface area contributed by atoms with E-state index < -0.39 is 5.97 Å². The highest BCUT2D eigenvalue weighted by Crippen LogP contribution is 2.24. The molecule has 0 aliphatic heterocycles. The van der Waals surface area contributed by atoms with E-state index in [1.165, 1.54) is 12.1 Å². The van der Waals surface area contributed by atoms with E-state index in [0.29, 0.717) is 12.0 Å². The van der Waals surface area contributed by atoms with Crippen molar-refractivity contribution in [3.63, 3.8) is 0 Å². The van der Waals surface area contributed by atoms with Crippen molar-refractivity contribution in [2.75, 3.05) is 6.61 Å². The molecule has 1 rings (SSSR count). The van der Waals surface area contributed by atoms with E-state index in [1.54, 1.807) is 13.0 Å². The summed E-state index contributed by atoms with van der Waals surface area (Å²) in [5.74, 6) is -0.769. The van der Waals surface area contributed by atoms with Crippen LogP contribution in [0.4, 0.5) is 0 Å². The SMILES string of the molecule is C=C(C)C(=O)OCCc1ccc(O)c(O)c1. The highest BCUT2D eigenvalue weighted by molar-refractivity contribution is 5.86. The topological polar surface area (TPSA) is 66.8 Å². The van der Waals surface area contributed by atoms with Gasteiger partial charge >= 0.3 is 5.97 Å². The zero-order valence-corrected chi connectivity index (χ0v) is 9.06. The Labute approximate surface area is 93.8 Å². The maximum atomic E-state index is 11.0. The quantitative estimate of drug-likeness (QED) is 0.463. The van der Waals surface area contributed by atoms with Gasteiger partial charge < -0.3 is 14.9 Å². The van der Waals surface area contributed by atoms with Gasteiger partial charge in [-0.2, -0.15) is 0 Å². The minimum absolute atomic E-state index is 0.164. The van der Waals surface area contributed by atoms with E-state index in [4.69, 9.17) is 9.84 Å². The summed E-state index contributed by atoms with van der Waals surface area (Å²) in [6.07, 6.45) is 0.479. The van der Waals surface area contributed by atoms with Crippen LogP contribution in [-0.2, 0) is 16.0 Å². The molecule has 1 aromatic rings. The molecular weight excluding hydrogens is 208 g/mol. The molecule has 0 radical (unpaired) electrons. The van der Waals surface area contributed by atoms with E-state index >= 15 is 0 Å². The second kappa shape index (κ2) is 5.21. The molecule has 0 saturated heterocycles. The van der Waals surface area contributed by atoms with Gasteiger partial charge in [0.25, 0.3) is 0 Å². The molecule has 1 aromatic carbocycles. The fourth-order valence-corrected chi connectivity index (χ4v) is 1.11. The van der Waals surface area contributed by atoms with Gasteiger partial charge in [0.1, 0.15) is 0 Å². The van der Waals surface area contributed by atoms with Gasteiger partial charge in [0, 0.05) is 12.0 Å². The van der Waals surface area contributed by atoms with E-state index in [2.05, 4.69) is 6.58 Å². The summed E-state index contributed by atoms with van der Waals surface area (Å²) in [5, 5.41) is 18.3. The number of ether oxygens (including phenoxy) is 1. The average Bonchev–Trinajstić information content (AvgIpc) is 2.23. The van der Waals surface area contributed by atoms with Crippen molar-refractivity contribution in [2.45, 2.75) is 13.3 Å². The summed E-state index contributed by atoms with van der Waals surface area (Å²) in [6.45, 7) is 5.26. The lowest BCUT2D eigenvalue weighted by atomic mass is 10.1. The summed E-state index contributed by atoms with van der Waals surface area (Å²) < 4.78 is 4.89. The number of phenols is 2. The molecule has 2 N–H and O–H groups in total. The van der Waals surface area contributed by atoms with Gasteiger partial charge in [0.2, 0.25) is 0 Å². The van der Waals surface area contributed by atoms with Gasteiger partial charge in [-0.15, -0.1) is 0 Å². The lowest BCUT2D eigenvalue weighted by Crippen LogP contribution is -2.07. The molecule has 16 heavy (non-hydrogen) atoms. The third-order valence-electron chi connectivity index (χ3n) is 2.01. The van der Waals surface area contributed by atoms with Gasteiger partial charge in [-0.1, -0.05) is 12.6 Å². The Hall–Kier alpha value is -1.97. The third kappa shape index (κ3) is 3.31. The first-order valence-electron chi connectivity index (χ1n) is 4.84. The second-order valence-electron chi connectivity index (χ2n) is 3.49.